The number of alkyl halides is 3. The van der Waals surface area contributed by atoms with Gasteiger partial charge in [-0.05, 0) is 36.8 Å². The molecule has 0 saturated heterocycles. The van der Waals surface area contributed by atoms with Crippen molar-refractivity contribution >= 4 is 22.5 Å². The lowest BCUT2D eigenvalue weighted by Crippen LogP contribution is -2.19. The van der Waals surface area contributed by atoms with E-state index in [4.69, 9.17) is 26.0 Å². The van der Waals surface area contributed by atoms with Crippen LogP contribution in [-0.4, -0.2) is 32.5 Å². The molecular weight excluding hydrogens is 451 g/mol. The minimum Gasteiger partial charge on any atom is -0.467 e. The number of ether oxygens (including phenoxy) is 1. The quantitative estimate of drug-likeness (QED) is 0.448. The topological polar surface area (TPSA) is 107 Å². The van der Waals surface area contributed by atoms with Crippen molar-refractivity contribution in [2.24, 2.45) is 0 Å². The lowest BCUT2D eigenvalue weighted by molar-refractivity contribution is -0.154. The summed E-state index contributed by atoms with van der Waals surface area (Å²) in [5.41, 5.74) is 0.245. The van der Waals surface area contributed by atoms with Gasteiger partial charge in [0, 0.05) is 12.3 Å². The first-order valence-electron chi connectivity index (χ1n) is 8.93. The molecule has 162 valence electrons. The molecular formula is C20H11ClF3N5O3. The Morgan fingerprint density at radius 3 is 2.78 bits per heavy atom. The second-order valence-corrected chi connectivity index (χ2v) is 7.01. The Morgan fingerprint density at radius 1 is 1.31 bits per heavy atom. The molecule has 0 aliphatic rings. The monoisotopic (exact) mass is 461 g/mol. The van der Waals surface area contributed by atoms with E-state index in [9.17, 15) is 18.0 Å². The molecule has 0 unspecified atom stereocenters. The zero-order valence-corrected chi connectivity index (χ0v) is 16.9. The summed E-state index contributed by atoms with van der Waals surface area (Å²) in [5, 5.41) is 13.3. The van der Waals surface area contributed by atoms with Crippen molar-refractivity contribution in [1.29, 1.82) is 5.26 Å². The Kier molecular flexibility index (Phi) is 5.31. The molecule has 3 aromatic heterocycles. The lowest BCUT2D eigenvalue weighted by atomic mass is 10.1. The Balaban J connectivity index is 1.92. The summed E-state index contributed by atoms with van der Waals surface area (Å²) < 4.78 is 48.9. The molecule has 4 aromatic rings. The van der Waals surface area contributed by atoms with Crippen LogP contribution < -0.4 is 10.4 Å². The number of rotatable bonds is 4. The summed E-state index contributed by atoms with van der Waals surface area (Å²) in [5.74, 6) is -0.585. The van der Waals surface area contributed by atoms with Crippen LogP contribution in [0.15, 0.2) is 45.7 Å². The minimum absolute atomic E-state index is 0.00876. The summed E-state index contributed by atoms with van der Waals surface area (Å²) in [6.45, 7) is 0.0781. The van der Waals surface area contributed by atoms with Crippen LogP contribution in [0.1, 0.15) is 11.1 Å². The minimum atomic E-state index is -4.59. The van der Waals surface area contributed by atoms with E-state index in [1.165, 1.54) is 18.3 Å². The van der Waals surface area contributed by atoms with Crippen LogP contribution in [0.4, 0.5) is 13.2 Å². The summed E-state index contributed by atoms with van der Waals surface area (Å²) in [6.07, 6.45) is -3.18. The fourth-order valence-corrected chi connectivity index (χ4v) is 3.16. The van der Waals surface area contributed by atoms with Crippen molar-refractivity contribution < 1.29 is 22.3 Å². The van der Waals surface area contributed by atoms with Gasteiger partial charge in [-0.1, -0.05) is 11.6 Å². The molecule has 0 bridgehead atoms. The van der Waals surface area contributed by atoms with Gasteiger partial charge < -0.3 is 9.15 Å². The molecule has 0 radical (unpaired) electrons. The Hall–Kier alpha value is -3.91. The maximum atomic E-state index is 12.6. The normalized spacial score (nSPS) is 11.5. The summed E-state index contributed by atoms with van der Waals surface area (Å²) in [6, 6.07) is 9.03. The van der Waals surface area contributed by atoms with Crippen LogP contribution in [0.3, 0.4) is 0 Å². The van der Waals surface area contributed by atoms with Gasteiger partial charge in [0.15, 0.2) is 12.4 Å². The SMILES string of the molecule is Cc1cc(C#N)cc2c(=O)oc(-c3cc(OCC(F)(F)F)nn3-c3ncccc3Cl)nc12. The lowest BCUT2D eigenvalue weighted by Gasteiger charge is -2.08. The molecule has 4 rings (SSSR count). The van der Waals surface area contributed by atoms with E-state index in [2.05, 4.69) is 15.1 Å². The molecule has 0 saturated carbocycles. The van der Waals surface area contributed by atoms with Crippen molar-refractivity contribution in [3.8, 4) is 29.4 Å². The Labute approximate surface area is 182 Å². The van der Waals surface area contributed by atoms with Gasteiger partial charge in [0.1, 0.15) is 5.69 Å². The van der Waals surface area contributed by atoms with E-state index in [1.54, 1.807) is 19.1 Å². The molecule has 0 fully saturated rings. The van der Waals surface area contributed by atoms with E-state index in [-0.39, 0.29) is 38.9 Å². The fourth-order valence-electron chi connectivity index (χ4n) is 2.96. The standard InChI is InChI=1S/C20H11ClF3N5O3/c1-10-5-11(8-25)6-12-16(10)27-18(32-19(12)30)14-7-15(31-9-20(22,23)24)28-29(14)17-13(21)3-2-4-26-17/h2-7H,9H2,1H3. The number of aromatic nitrogens is 4. The number of nitriles is 1. The van der Waals surface area contributed by atoms with Gasteiger partial charge in [-0.3, -0.25) is 0 Å². The summed E-state index contributed by atoms with van der Waals surface area (Å²) in [4.78, 5) is 21.0. The highest BCUT2D eigenvalue weighted by Gasteiger charge is 2.30. The van der Waals surface area contributed by atoms with Crippen LogP contribution in [0.5, 0.6) is 5.88 Å². The first-order chi connectivity index (χ1) is 15.2. The molecule has 1 aromatic carbocycles. The third kappa shape index (κ3) is 4.13. The Morgan fingerprint density at radius 2 is 2.09 bits per heavy atom. The average molecular weight is 462 g/mol. The van der Waals surface area contributed by atoms with E-state index < -0.39 is 24.3 Å². The van der Waals surface area contributed by atoms with E-state index in [0.717, 1.165) is 10.7 Å². The molecule has 0 aliphatic carbocycles. The third-order valence-corrected chi connectivity index (χ3v) is 4.58. The first-order valence-corrected chi connectivity index (χ1v) is 9.30. The number of benzene rings is 1. The molecule has 0 spiro atoms. The highest BCUT2D eigenvalue weighted by Crippen LogP contribution is 2.30. The number of hydrogen-bond acceptors (Lipinski definition) is 7. The average Bonchev–Trinajstić information content (AvgIpc) is 3.16. The van der Waals surface area contributed by atoms with Crippen molar-refractivity contribution in [3.05, 3.63) is 63.1 Å². The van der Waals surface area contributed by atoms with Gasteiger partial charge in [0.05, 0.1) is 27.6 Å². The van der Waals surface area contributed by atoms with Crippen LogP contribution in [-0.2, 0) is 0 Å². The predicted octanol–water partition coefficient (Wildman–Crippen LogP) is 4.21. The van der Waals surface area contributed by atoms with E-state index in [0.29, 0.717) is 5.56 Å². The van der Waals surface area contributed by atoms with Crippen molar-refractivity contribution in [2.75, 3.05) is 6.61 Å². The maximum Gasteiger partial charge on any atom is 0.422 e. The molecule has 3 heterocycles. The fraction of sp³-hybridized carbons (Fsp3) is 0.150. The molecule has 0 N–H and O–H groups in total. The number of nitrogens with zero attached hydrogens (tertiary/aromatic N) is 5. The largest absolute Gasteiger partial charge is 0.467 e. The van der Waals surface area contributed by atoms with Gasteiger partial charge >= 0.3 is 11.8 Å². The molecule has 0 amide bonds. The van der Waals surface area contributed by atoms with E-state index in [1.807, 2.05) is 6.07 Å². The predicted molar refractivity (Wildman–Crippen MR) is 107 cm³/mol. The number of halogens is 4. The molecule has 12 heteroatoms. The van der Waals surface area contributed by atoms with Gasteiger partial charge in [0.25, 0.3) is 0 Å². The van der Waals surface area contributed by atoms with Crippen molar-refractivity contribution in [3.63, 3.8) is 0 Å². The molecule has 32 heavy (non-hydrogen) atoms. The van der Waals surface area contributed by atoms with Gasteiger partial charge in [-0.25, -0.2) is 19.4 Å². The molecule has 0 aliphatic heterocycles. The number of hydrogen-bond donors (Lipinski definition) is 0. The molecule has 8 nitrogen and oxygen atoms in total. The highest BCUT2D eigenvalue weighted by molar-refractivity contribution is 6.32. The van der Waals surface area contributed by atoms with Gasteiger partial charge in [-0.2, -0.15) is 18.4 Å². The third-order valence-electron chi connectivity index (χ3n) is 4.28. The Bertz CT molecular complexity index is 1440. The van der Waals surface area contributed by atoms with Crippen LogP contribution in [0, 0.1) is 18.3 Å². The summed E-state index contributed by atoms with van der Waals surface area (Å²) >= 11 is 6.17. The summed E-state index contributed by atoms with van der Waals surface area (Å²) in [7, 11) is 0. The molecule has 0 atom stereocenters. The van der Waals surface area contributed by atoms with Crippen LogP contribution >= 0.6 is 11.6 Å². The first kappa shape index (κ1) is 21.3. The highest BCUT2D eigenvalue weighted by atomic mass is 35.5. The maximum absolute atomic E-state index is 12.6. The van der Waals surface area contributed by atoms with Gasteiger partial charge in [-0.15, -0.1) is 5.10 Å². The van der Waals surface area contributed by atoms with Crippen LogP contribution in [0.25, 0.3) is 28.3 Å². The second-order valence-electron chi connectivity index (χ2n) is 6.60. The van der Waals surface area contributed by atoms with Crippen LogP contribution in [0.2, 0.25) is 5.02 Å². The smallest absolute Gasteiger partial charge is 0.422 e. The number of aryl methyl sites for hydroxylation is 1. The number of pyridine rings is 1. The van der Waals surface area contributed by atoms with E-state index >= 15 is 0 Å². The van der Waals surface area contributed by atoms with Crippen molar-refractivity contribution in [2.45, 2.75) is 13.1 Å². The second kappa shape index (κ2) is 7.97. The van der Waals surface area contributed by atoms with Gasteiger partial charge in [0.2, 0.25) is 11.8 Å². The van der Waals surface area contributed by atoms with Crippen molar-refractivity contribution in [1.82, 2.24) is 19.7 Å². The zero-order chi connectivity index (χ0) is 23.0. The number of fused-ring (bicyclic) bond motifs is 1. The zero-order valence-electron chi connectivity index (χ0n) is 16.1.